The van der Waals surface area contributed by atoms with E-state index in [1.165, 1.54) is 4.90 Å². The van der Waals surface area contributed by atoms with Crippen LogP contribution >= 0.6 is 0 Å². The van der Waals surface area contributed by atoms with Crippen molar-refractivity contribution in [3.63, 3.8) is 0 Å². The number of rotatable bonds is 4. The molecule has 2 N–H and O–H groups in total. The van der Waals surface area contributed by atoms with Gasteiger partial charge in [0.2, 0.25) is 0 Å². The molecule has 2 rings (SSSR count). The molecule has 2 amide bonds. The zero-order valence-corrected chi connectivity index (χ0v) is 12.3. The van der Waals surface area contributed by atoms with Crippen molar-refractivity contribution in [2.75, 3.05) is 6.54 Å². The van der Waals surface area contributed by atoms with E-state index < -0.39 is 12.0 Å². The molecule has 1 aromatic heterocycles. The maximum absolute atomic E-state index is 12.2. The lowest BCUT2D eigenvalue weighted by atomic mass is 9.89. The largest absolute Gasteiger partial charge is 0.480 e. The predicted octanol–water partition coefficient (Wildman–Crippen LogP) is 1.77. The van der Waals surface area contributed by atoms with Crippen LogP contribution in [0.15, 0.2) is 10.6 Å². The van der Waals surface area contributed by atoms with E-state index in [1.807, 2.05) is 6.92 Å². The second-order valence-corrected chi connectivity index (χ2v) is 5.44. The van der Waals surface area contributed by atoms with Crippen molar-refractivity contribution in [2.45, 2.75) is 45.7 Å². The standard InChI is InChI=1S/C14H21N3O4/c1-3-10-4-5-17(12(7-10)13(18)19)14(20)15-8-11-6-9(2)16-21-11/h6,10,12H,3-5,7-8H2,1-2H3,(H,15,20)(H,18,19). The zero-order valence-electron chi connectivity index (χ0n) is 12.3. The van der Waals surface area contributed by atoms with Crippen LogP contribution in [-0.4, -0.2) is 39.8 Å². The fourth-order valence-corrected chi connectivity index (χ4v) is 2.65. The predicted molar refractivity (Wildman–Crippen MR) is 74.6 cm³/mol. The third-order valence-corrected chi connectivity index (χ3v) is 3.92. The molecule has 7 heteroatoms. The van der Waals surface area contributed by atoms with Gasteiger partial charge in [0.1, 0.15) is 6.04 Å². The molecule has 1 fully saturated rings. The van der Waals surface area contributed by atoms with Crippen LogP contribution in [0.5, 0.6) is 0 Å². The van der Waals surface area contributed by atoms with Gasteiger partial charge in [0.25, 0.3) is 0 Å². The normalized spacial score (nSPS) is 22.1. The summed E-state index contributed by atoms with van der Waals surface area (Å²) in [5.74, 6) is -0.0259. The Hall–Kier alpha value is -2.05. The molecule has 7 nitrogen and oxygen atoms in total. The monoisotopic (exact) mass is 295 g/mol. The van der Waals surface area contributed by atoms with Gasteiger partial charge in [-0.1, -0.05) is 18.5 Å². The van der Waals surface area contributed by atoms with E-state index in [9.17, 15) is 14.7 Å². The highest BCUT2D eigenvalue weighted by atomic mass is 16.5. The van der Waals surface area contributed by atoms with Gasteiger partial charge in [-0.05, 0) is 25.7 Å². The molecule has 2 unspecified atom stereocenters. The van der Waals surface area contributed by atoms with Gasteiger partial charge in [0, 0.05) is 12.6 Å². The first-order chi connectivity index (χ1) is 10.0. The van der Waals surface area contributed by atoms with Crippen molar-refractivity contribution in [3.8, 4) is 0 Å². The summed E-state index contributed by atoms with van der Waals surface area (Å²) in [6.07, 6.45) is 2.30. The maximum atomic E-state index is 12.2. The van der Waals surface area contributed by atoms with Crippen LogP contribution in [0, 0.1) is 12.8 Å². The van der Waals surface area contributed by atoms with Crippen LogP contribution in [0.2, 0.25) is 0 Å². The lowest BCUT2D eigenvalue weighted by Gasteiger charge is -2.36. The van der Waals surface area contributed by atoms with Crippen LogP contribution in [0.1, 0.15) is 37.6 Å². The second kappa shape index (κ2) is 6.60. The first-order valence-electron chi connectivity index (χ1n) is 7.20. The molecule has 2 heterocycles. The van der Waals surface area contributed by atoms with Crippen molar-refractivity contribution in [2.24, 2.45) is 5.92 Å². The third kappa shape index (κ3) is 3.74. The average molecular weight is 295 g/mol. The van der Waals surface area contributed by atoms with Crippen molar-refractivity contribution < 1.29 is 19.2 Å². The molecule has 1 saturated heterocycles. The molecule has 0 aliphatic carbocycles. The Morgan fingerprint density at radius 2 is 2.33 bits per heavy atom. The number of nitrogens with one attached hydrogen (secondary N) is 1. The quantitative estimate of drug-likeness (QED) is 0.882. The fourth-order valence-electron chi connectivity index (χ4n) is 2.65. The maximum Gasteiger partial charge on any atom is 0.326 e. The number of aryl methyl sites for hydroxylation is 1. The summed E-state index contributed by atoms with van der Waals surface area (Å²) in [7, 11) is 0. The molecule has 0 spiro atoms. The van der Waals surface area contributed by atoms with Gasteiger partial charge in [0.15, 0.2) is 5.76 Å². The fraction of sp³-hybridized carbons (Fsp3) is 0.643. The van der Waals surface area contributed by atoms with E-state index in [4.69, 9.17) is 4.52 Å². The van der Waals surface area contributed by atoms with Gasteiger partial charge in [0.05, 0.1) is 12.2 Å². The molecule has 21 heavy (non-hydrogen) atoms. The summed E-state index contributed by atoms with van der Waals surface area (Å²) in [6.45, 7) is 4.52. The summed E-state index contributed by atoms with van der Waals surface area (Å²) in [6, 6.07) is 0.615. The van der Waals surface area contributed by atoms with Gasteiger partial charge in [-0.2, -0.15) is 0 Å². The van der Waals surface area contributed by atoms with Gasteiger partial charge in [-0.3, -0.25) is 0 Å². The van der Waals surface area contributed by atoms with Gasteiger partial charge >= 0.3 is 12.0 Å². The van der Waals surface area contributed by atoms with E-state index in [0.717, 1.165) is 18.5 Å². The number of carbonyl (C=O) groups excluding carboxylic acids is 1. The van der Waals surface area contributed by atoms with Crippen LogP contribution in [0.25, 0.3) is 0 Å². The number of urea groups is 1. The Bertz CT molecular complexity index is 514. The Balaban J connectivity index is 1.95. The van der Waals surface area contributed by atoms with E-state index in [2.05, 4.69) is 10.5 Å². The van der Waals surface area contributed by atoms with Crippen molar-refractivity contribution in [1.82, 2.24) is 15.4 Å². The van der Waals surface area contributed by atoms with Gasteiger partial charge < -0.3 is 19.8 Å². The molecule has 0 radical (unpaired) electrons. The third-order valence-electron chi connectivity index (χ3n) is 3.92. The highest BCUT2D eigenvalue weighted by molar-refractivity contribution is 5.82. The minimum absolute atomic E-state index is 0.208. The van der Waals surface area contributed by atoms with Crippen LogP contribution in [0.3, 0.4) is 0 Å². The highest BCUT2D eigenvalue weighted by Crippen LogP contribution is 2.25. The highest BCUT2D eigenvalue weighted by Gasteiger charge is 2.35. The van der Waals surface area contributed by atoms with Crippen LogP contribution < -0.4 is 5.32 Å². The average Bonchev–Trinajstić information content (AvgIpc) is 2.89. The number of hydrogen-bond donors (Lipinski definition) is 2. The zero-order chi connectivity index (χ0) is 15.4. The first kappa shape index (κ1) is 15.3. The number of aromatic nitrogens is 1. The summed E-state index contributed by atoms with van der Waals surface area (Å²) in [4.78, 5) is 24.9. The lowest BCUT2D eigenvalue weighted by Crippen LogP contribution is -2.53. The summed E-state index contributed by atoms with van der Waals surface area (Å²) in [5.41, 5.74) is 0.742. The second-order valence-electron chi connectivity index (χ2n) is 5.44. The molecule has 1 aliphatic rings. The van der Waals surface area contributed by atoms with E-state index in [-0.39, 0.29) is 12.6 Å². The molecular weight excluding hydrogens is 274 g/mol. The molecule has 0 bridgehead atoms. The minimum atomic E-state index is -0.946. The Kier molecular flexibility index (Phi) is 4.82. The number of nitrogens with zero attached hydrogens (tertiary/aromatic N) is 2. The molecule has 0 aromatic carbocycles. The summed E-state index contributed by atoms with van der Waals surface area (Å²) < 4.78 is 5.01. The number of likely N-dealkylation sites (tertiary alicyclic amines) is 1. The molecule has 0 saturated carbocycles. The topological polar surface area (TPSA) is 95.7 Å². The lowest BCUT2D eigenvalue weighted by molar-refractivity contribution is -0.144. The number of aliphatic carboxylic acids is 1. The van der Waals surface area contributed by atoms with Gasteiger partial charge in [-0.25, -0.2) is 9.59 Å². The molecular formula is C14H21N3O4. The SMILES string of the molecule is CCC1CCN(C(=O)NCc2cc(C)no2)C(C(=O)O)C1. The Labute approximate surface area is 123 Å². The first-order valence-corrected chi connectivity index (χ1v) is 7.20. The Morgan fingerprint density at radius 1 is 1.57 bits per heavy atom. The number of carbonyl (C=O) groups is 2. The smallest absolute Gasteiger partial charge is 0.326 e. The number of carboxylic acid groups (broad SMARTS) is 1. The van der Waals surface area contributed by atoms with Crippen molar-refractivity contribution in [3.05, 3.63) is 17.5 Å². The van der Waals surface area contributed by atoms with Crippen LogP contribution in [0.4, 0.5) is 4.79 Å². The van der Waals surface area contributed by atoms with E-state index in [0.29, 0.717) is 24.6 Å². The molecule has 1 aliphatic heterocycles. The van der Waals surface area contributed by atoms with Crippen molar-refractivity contribution >= 4 is 12.0 Å². The number of amides is 2. The number of hydrogen-bond acceptors (Lipinski definition) is 4. The van der Waals surface area contributed by atoms with Gasteiger partial charge in [-0.15, -0.1) is 0 Å². The van der Waals surface area contributed by atoms with E-state index >= 15 is 0 Å². The summed E-state index contributed by atoms with van der Waals surface area (Å²) in [5, 5.41) is 15.7. The summed E-state index contributed by atoms with van der Waals surface area (Å²) >= 11 is 0. The Morgan fingerprint density at radius 3 is 2.90 bits per heavy atom. The molecule has 2 atom stereocenters. The molecule has 116 valence electrons. The number of piperidine rings is 1. The van der Waals surface area contributed by atoms with Crippen LogP contribution in [-0.2, 0) is 11.3 Å². The van der Waals surface area contributed by atoms with E-state index in [1.54, 1.807) is 13.0 Å². The molecule has 1 aromatic rings. The minimum Gasteiger partial charge on any atom is -0.480 e. The van der Waals surface area contributed by atoms with Crippen molar-refractivity contribution in [1.29, 1.82) is 0 Å². The number of carboxylic acids is 1.